The molecule has 1 heterocycles. The quantitative estimate of drug-likeness (QED) is 0.559. The van der Waals surface area contributed by atoms with Crippen molar-refractivity contribution in [2.75, 3.05) is 18.9 Å². The van der Waals surface area contributed by atoms with Gasteiger partial charge in [0.25, 0.3) is 0 Å². The van der Waals surface area contributed by atoms with Crippen LogP contribution in [0, 0.1) is 11.8 Å². The molecular weight excluding hydrogens is 401 g/mol. The normalized spacial score (nSPS) is 33.0. The van der Waals surface area contributed by atoms with Gasteiger partial charge in [-0.05, 0) is 83.9 Å². The fraction of sp³-hybridized carbons (Fsp3) is 0.818. The number of hydrogen-bond donors (Lipinski definition) is 1. The van der Waals surface area contributed by atoms with Gasteiger partial charge in [-0.15, -0.1) is 0 Å². The highest BCUT2D eigenvalue weighted by Crippen LogP contribution is 2.45. The summed E-state index contributed by atoms with van der Waals surface area (Å²) in [7, 11) is -4.09. The average molecular weight is 437 g/mol. The van der Waals surface area contributed by atoms with Gasteiger partial charge in [0, 0.05) is 6.61 Å². The summed E-state index contributed by atoms with van der Waals surface area (Å²) in [6.07, 6.45) is 10.2. The highest BCUT2D eigenvalue weighted by atomic mass is 32.2. The number of allylic oxidation sites excluding steroid dienone is 1. The monoisotopic (exact) mass is 437 g/mol. The van der Waals surface area contributed by atoms with Gasteiger partial charge in [0.05, 0.1) is 27.9 Å². The minimum absolute atomic E-state index is 0.0470. The Morgan fingerprint density at radius 2 is 1.70 bits per heavy atom. The summed E-state index contributed by atoms with van der Waals surface area (Å²) >= 11 is 0. The summed E-state index contributed by atoms with van der Waals surface area (Å²) < 4.78 is 45.0. The molecule has 8 heteroatoms. The predicted molar refractivity (Wildman–Crippen MR) is 119 cm³/mol. The molecule has 1 saturated heterocycles. The average Bonchev–Trinajstić information content (AvgIpc) is 3.58. The maximum atomic E-state index is 12.8. The second-order valence-electron chi connectivity index (χ2n) is 10.3. The van der Waals surface area contributed by atoms with Crippen LogP contribution in [0.2, 0.25) is 0 Å². The maximum Gasteiger partial charge on any atom is 0.498 e. The lowest BCUT2D eigenvalue weighted by Crippen LogP contribution is -2.62. The van der Waals surface area contributed by atoms with E-state index in [1.165, 1.54) is 12.8 Å². The zero-order chi connectivity index (χ0) is 21.8. The molecule has 0 aromatic heterocycles. The summed E-state index contributed by atoms with van der Waals surface area (Å²) in [4.78, 5) is 0.292. The largest absolute Gasteiger partial charge is 0.498 e. The van der Waals surface area contributed by atoms with Crippen molar-refractivity contribution < 1.29 is 22.5 Å². The molecule has 30 heavy (non-hydrogen) atoms. The summed E-state index contributed by atoms with van der Waals surface area (Å²) in [5.41, 5.74) is -2.10. The first kappa shape index (κ1) is 22.5. The van der Waals surface area contributed by atoms with Crippen molar-refractivity contribution in [3.05, 3.63) is 23.1 Å². The number of nitrogens with one attached hydrogen (secondary N) is 1. The molecule has 0 aromatic rings. The Balaban J connectivity index is 1.73. The predicted octanol–water partition coefficient (Wildman–Crippen LogP) is 3.04. The van der Waals surface area contributed by atoms with Crippen molar-refractivity contribution in [1.29, 1.82) is 0 Å². The van der Waals surface area contributed by atoms with E-state index >= 15 is 0 Å². The molecule has 3 fully saturated rings. The molecule has 1 aliphatic heterocycles. The van der Waals surface area contributed by atoms with E-state index in [2.05, 4.69) is 5.32 Å². The van der Waals surface area contributed by atoms with Gasteiger partial charge in [-0.3, -0.25) is 0 Å². The van der Waals surface area contributed by atoms with E-state index in [1.54, 1.807) is 19.1 Å². The van der Waals surface area contributed by atoms with Crippen molar-refractivity contribution in [2.24, 2.45) is 11.8 Å². The second-order valence-corrected chi connectivity index (χ2v) is 12.6. The number of ether oxygens (including phenoxy) is 1. The standard InChI is InChI=1S/C22H36BNO5S/c1-6-30(25,26)18-11-12-19(24-14-16-7-8-16)22(13-18,27-15-17-9-10-17)23-28-20(2,3)21(4,5)29-23/h11-13,16-17,19,24H,6-10,14-15H2,1-5H3. The van der Waals surface area contributed by atoms with Crippen LogP contribution >= 0.6 is 0 Å². The third-order valence-corrected chi connectivity index (χ3v) is 8.99. The Morgan fingerprint density at radius 3 is 2.23 bits per heavy atom. The van der Waals surface area contributed by atoms with Crippen molar-refractivity contribution in [1.82, 2.24) is 5.32 Å². The van der Waals surface area contributed by atoms with Crippen LogP contribution in [-0.4, -0.2) is 57.2 Å². The van der Waals surface area contributed by atoms with Crippen LogP contribution in [0.5, 0.6) is 0 Å². The van der Waals surface area contributed by atoms with Crippen molar-refractivity contribution in [3.8, 4) is 0 Å². The van der Waals surface area contributed by atoms with E-state index < -0.39 is 33.7 Å². The molecule has 0 spiro atoms. The van der Waals surface area contributed by atoms with E-state index in [4.69, 9.17) is 14.0 Å². The molecule has 6 nitrogen and oxygen atoms in total. The van der Waals surface area contributed by atoms with Crippen molar-refractivity contribution >= 4 is 17.0 Å². The minimum Gasteiger partial charge on any atom is -0.401 e. The molecule has 4 aliphatic rings. The van der Waals surface area contributed by atoms with Crippen LogP contribution in [0.4, 0.5) is 0 Å². The van der Waals surface area contributed by atoms with Gasteiger partial charge in [0.15, 0.2) is 9.84 Å². The first-order chi connectivity index (χ1) is 14.0. The molecule has 0 bridgehead atoms. The molecule has 2 unspecified atom stereocenters. The summed E-state index contributed by atoms with van der Waals surface area (Å²) in [6.45, 7) is 11.2. The summed E-state index contributed by atoms with van der Waals surface area (Å²) in [5.74, 6) is 1.26. The number of rotatable bonds is 9. The lowest BCUT2D eigenvalue weighted by Gasteiger charge is -2.41. The van der Waals surface area contributed by atoms with Gasteiger partial charge in [-0.2, -0.15) is 0 Å². The first-order valence-corrected chi connectivity index (χ1v) is 13.0. The van der Waals surface area contributed by atoms with Crippen molar-refractivity contribution in [2.45, 2.75) is 83.0 Å². The van der Waals surface area contributed by atoms with Crippen LogP contribution in [0.25, 0.3) is 0 Å². The lowest BCUT2D eigenvalue weighted by atomic mass is 9.61. The minimum atomic E-state index is -3.39. The first-order valence-electron chi connectivity index (χ1n) is 11.4. The highest BCUT2D eigenvalue weighted by molar-refractivity contribution is 7.95. The fourth-order valence-electron chi connectivity index (χ4n) is 3.89. The SMILES string of the molecule is CCS(=O)(=O)C1=CC(OCC2CC2)(B2OC(C)(C)C(C)(C)O2)C(NCC2CC2)C=C1. The Labute approximate surface area is 181 Å². The molecule has 168 valence electrons. The molecule has 0 aromatic carbocycles. The second kappa shape index (κ2) is 7.73. The molecule has 2 saturated carbocycles. The molecular formula is C22H36BNO5S. The topological polar surface area (TPSA) is 73.9 Å². The van der Waals surface area contributed by atoms with E-state index in [0.717, 1.165) is 19.4 Å². The molecule has 2 atom stereocenters. The van der Waals surface area contributed by atoms with Crippen molar-refractivity contribution in [3.63, 3.8) is 0 Å². The van der Waals surface area contributed by atoms with Crippen LogP contribution < -0.4 is 5.32 Å². The molecule has 0 amide bonds. The van der Waals surface area contributed by atoms with Gasteiger partial charge in [-0.1, -0.05) is 13.0 Å². The van der Waals surface area contributed by atoms with Gasteiger partial charge in [-0.25, -0.2) is 8.42 Å². The smallest absolute Gasteiger partial charge is 0.401 e. The van der Waals surface area contributed by atoms with Crippen LogP contribution in [0.15, 0.2) is 23.1 Å². The van der Waals surface area contributed by atoms with E-state index in [0.29, 0.717) is 23.3 Å². The number of sulfone groups is 1. The highest BCUT2D eigenvalue weighted by Gasteiger charge is 2.63. The molecule has 3 aliphatic carbocycles. The molecule has 1 N–H and O–H groups in total. The lowest BCUT2D eigenvalue weighted by molar-refractivity contribution is -0.00218. The van der Waals surface area contributed by atoms with E-state index in [-0.39, 0.29) is 11.8 Å². The van der Waals surface area contributed by atoms with Crippen LogP contribution in [-0.2, 0) is 23.9 Å². The van der Waals surface area contributed by atoms with E-state index in [1.807, 2.05) is 33.8 Å². The fourth-order valence-corrected chi connectivity index (χ4v) is 4.88. The van der Waals surface area contributed by atoms with Crippen LogP contribution in [0.1, 0.15) is 60.3 Å². The zero-order valence-electron chi connectivity index (χ0n) is 18.9. The Morgan fingerprint density at radius 1 is 1.10 bits per heavy atom. The zero-order valence-corrected chi connectivity index (χ0v) is 19.8. The van der Waals surface area contributed by atoms with Gasteiger partial charge in [0.1, 0.15) is 5.50 Å². The third-order valence-electron chi connectivity index (χ3n) is 7.26. The summed E-state index contributed by atoms with van der Waals surface area (Å²) in [6, 6.07) is -0.220. The van der Waals surface area contributed by atoms with E-state index in [9.17, 15) is 8.42 Å². The molecule has 4 rings (SSSR count). The maximum absolute atomic E-state index is 12.8. The van der Waals surface area contributed by atoms with Crippen LogP contribution in [0.3, 0.4) is 0 Å². The molecule has 0 radical (unpaired) electrons. The Kier molecular flexibility index (Phi) is 5.80. The number of hydrogen-bond acceptors (Lipinski definition) is 6. The van der Waals surface area contributed by atoms with Gasteiger partial charge >= 0.3 is 7.12 Å². The van der Waals surface area contributed by atoms with Gasteiger partial charge < -0.3 is 19.4 Å². The van der Waals surface area contributed by atoms with Gasteiger partial charge in [0.2, 0.25) is 0 Å². The Bertz CT molecular complexity index is 812. The third kappa shape index (κ3) is 4.31. The summed E-state index contributed by atoms with van der Waals surface area (Å²) in [5, 5.41) is 3.63. The Hall–Kier alpha value is -0.665.